The van der Waals surface area contributed by atoms with Crippen molar-refractivity contribution < 1.29 is 14.0 Å². The van der Waals surface area contributed by atoms with Crippen LogP contribution in [0.3, 0.4) is 0 Å². The molecular formula is C29H24BrFN4O2S. The molecule has 38 heavy (non-hydrogen) atoms. The molecule has 0 aromatic heterocycles. The molecule has 6 nitrogen and oxygen atoms in total. The van der Waals surface area contributed by atoms with Crippen molar-refractivity contribution in [3.8, 4) is 6.07 Å². The van der Waals surface area contributed by atoms with E-state index in [-0.39, 0.29) is 28.4 Å². The Kier molecular flexibility index (Phi) is 8.66. The number of hydrogen-bond acceptors (Lipinski definition) is 5. The van der Waals surface area contributed by atoms with Crippen LogP contribution >= 0.6 is 27.7 Å². The summed E-state index contributed by atoms with van der Waals surface area (Å²) in [5.74, 6) is -2.19. The van der Waals surface area contributed by atoms with E-state index in [0.29, 0.717) is 22.1 Å². The first-order valence-electron chi connectivity index (χ1n) is 11.7. The zero-order valence-corrected chi connectivity index (χ0v) is 23.0. The normalized spacial score (nSPS) is 15.0. The fourth-order valence-electron chi connectivity index (χ4n) is 4.12. The Labute approximate surface area is 233 Å². The van der Waals surface area contributed by atoms with Crippen molar-refractivity contribution >= 4 is 50.9 Å². The van der Waals surface area contributed by atoms with Crippen molar-refractivity contribution in [2.24, 2.45) is 0 Å². The second-order valence-electron chi connectivity index (χ2n) is 8.59. The van der Waals surface area contributed by atoms with Crippen LogP contribution in [-0.4, -0.2) is 17.6 Å². The average Bonchev–Trinajstić information content (AvgIpc) is 2.90. The molecule has 0 spiro atoms. The number of rotatable bonds is 7. The van der Waals surface area contributed by atoms with E-state index in [1.54, 1.807) is 43.3 Å². The van der Waals surface area contributed by atoms with Crippen LogP contribution in [0.1, 0.15) is 24.0 Å². The summed E-state index contributed by atoms with van der Waals surface area (Å²) in [5.41, 5.74) is 3.21. The predicted octanol–water partition coefficient (Wildman–Crippen LogP) is 6.60. The van der Waals surface area contributed by atoms with Gasteiger partial charge in [0, 0.05) is 32.7 Å². The van der Waals surface area contributed by atoms with Crippen LogP contribution in [0.2, 0.25) is 0 Å². The molecule has 2 amide bonds. The lowest BCUT2D eigenvalue weighted by molar-refractivity contribution is -0.114. The number of anilines is 2. The zero-order chi connectivity index (χ0) is 27.2. The summed E-state index contributed by atoms with van der Waals surface area (Å²) in [4.78, 5) is 26.2. The van der Waals surface area contributed by atoms with Crippen molar-refractivity contribution in [2.45, 2.75) is 19.8 Å². The maximum absolute atomic E-state index is 15.1. The predicted molar refractivity (Wildman–Crippen MR) is 153 cm³/mol. The molecule has 3 aromatic rings. The highest BCUT2D eigenvalue weighted by atomic mass is 79.9. The number of hydrogen-bond donors (Lipinski definition) is 3. The van der Waals surface area contributed by atoms with Crippen molar-refractivity contribution in [3.63, 3.8) is 0 Å². The summed E-state index contributed by atoms with van der Waals surface area (Å²) in [6, 6.07) is 22.8. The van der Waals surface area contributed by atoms with Crippen LogP contribution in [0.15, 0.2) is 99.1 Å². The molecule has 1 aliphatic rings. The Morgan fingerprint density at radius 1 is 1.03 bits per heavy atom. The standard InChI is InChI=1S/C29H24BrFN4O2S/c1-17-7-3-6-10-24(17)35-28(37)26-18(2)33-29(22(15-32)27(26)21-8-4-5-9-23(21)31)38-16-25(36)34-20-13-11-19(30)12-14-20/h3-14,27,33H,16H2,1-2H3,(H,34,36)(H,35,37). The first-order chi connectivity index (χ1) is 18.3. The zero-order valence-electron chi connectivity index (χ0n) is 20.6. The lowest BCUT2D eigenvalue weighted by Gasteiger charge is -2.30. The van der Waals surface area contributed by atoms with Crippen LogP contribution in [0, 0.1) is 24.1 Å². The summed E-state index contributed by atoms with van der Waals surface area (Å²) >= 11 is 4.49. The van der Waals surface area contributed by atoms with Gasteiger partial charge in [-0.15, -0.1) is 0 Å². The topological polar surface area (TPSA) is 94.0 Å². The van der Waals surface area contributed by atoms with Gasteiger partial charge in [0.25, 0.3) is 5.91 Å². The molecule has 0 fully saturated rings. The molecule has 3 aromatic carbocycles. The van der Waals surface area contributed by atoms with Gasteiger partial charge in [-0.2, -0.15) is 5.26 Å². The van der Waals surface area contributed by atoms with Crippen molar-refractivity contribution in [1.29, 1.82) is 5.26 Å². The second-order valence-corrected chi connectivity index (χ2v) is 10.5. The summed E-state index contributed by atoms with van der Waals surface area (Å²) in [6.07, 6.45) is 0. The monoisotopic (exact) mass is 590 g/mol. The van der Waals surface area contributed by atoms with Gasteiger partial charge in [0.15, 0.2) is 0 Å². The van der Waals surface area contributed by atoms with Crippen LogP contribution < -0.4 is 16.0 Å². The van der Waals surface area contributed by atoms with E-state index in [4.69, 9.17) is 0 Å². The highest BCUT2D eigenvalue weighted by Crippen LogP contribution is 2.41. The minimum atomic E-state index is -0.955. The molecular weight excluding hydrogens is 567 g/mol. The molecule has 4 rings (SSSR count). The van der Waals surface area contributed by atoms with Crippen molar-refractivity contribution in [1.82, 2.24) is 5.32 Å². The third-order valence-electron chi connectivity index (χ3n) is 5.98. The number of carbonyl (C=O) groups excluding carboxylic acids is 2. The number of halogens is 2. The molecule has 1 atom stereocenters. The summed E-state index contributed by atoms with van der Waals surface area (Å²) in [6.45, 7) is 3.58. The molecule has 192 valence electrons. The molecule has 9 heteroatoms. The lowest BCUT2D eigenvalue weighted by Crippen LogP contribution is -2.31. The van der Waals surface area contributed by atoms with E-state index in [2.05, 4.69) is 37.9 Å². The fourth-order valence-corrected chi connectivity index (χ4v) is 5.27. The highest BCUT2D eigenvalue weighted by Gasteiger charge is 2.36. The Morgan fingerprint density at radius 2 is 1.71 bits per heavy atom. The quantitative estimate of drug-likeness (QED) is 0.288. The Morgan fingerprint density at radius 3 is 2.39 bits per heavy atom. The van der Waals surface area contributed by atoms with Gasteiger partial charge >= 0.3 is 0 Å². The van der Waals surface area contributed by atoms with Gasteiger partial charge in [-0.1, -0.05) is 64.1 Å². The van der Waals surface area contributed by atoms with Crippen molar-refractivity contribution in [2.75, 3.05) is 16.4 Å². The number of dihydropyridines is 1. The number of nitrogens with zero attached hydrogens (tertiary/aromatic N) is 1. The largest absolute Gasteiger partial charge is 0.353 e. The van der Waals surface area contributed by atoms with E-state index in [9.17, 15) is 14.9 Å². The third-order valence-corrected chi connectivity index (χ3v) is 7.52. The minimum absolute atomic E-state index is 0.00554. The van der Waals surface area contributed by atoms with Crippen LogP contribution in [0.4, 0.5) is 15.8 Å². The van der Waals surface area contributed by atoms with Gasteiger partial charge in [-0.25, -0.2) is 4.39 Å². The summed E-state index contributed by atoms with van der Waals surface area (Å²) in [5, 5.41) is 19.4. The number of aryl methyl sites for hydroxylation is 1. The molecule has 0 aliphatic carbocycles. The van der Waals surface area contributed by atoms with Crippen molar-refractivity contribution in [3.05, 3.63) is 116 Å². The third kappa shape index (κ3) is 6.15. The molecule has 1 heterocycles. The highest BCUT2D eigenvalue weighted by molar-refractivity contribution is 9.10. The number of nitriles is 1. The fraction of sp³-hybridized carbons (Fsp3) is 0.138. The number of nitrogens with one attached hydrogen (secondary N) is 3. The minimum Gasteiger partial charge on any atom is -0.353 e. The van der Waals surface area contributed by atoms with Gasteiger partial charge in [0.2, 0.25) is 5.91 Å². The first-order valence-corrected chi connectivity index (χ1v) is 13.5. The summed E-state index contributed by atoms with van der Waals surface area (Å²) in [7, 11) is 0. The maximum atomic E-state index is 15.1. The van der Waals surface area contributed by atoms with E-state index >= 15 is 4.39 Å². The van der Waals surface area contributed by atoms with E-state index in [0.717, 1.165) is 21.8 Å². The van der Waals surface area contributed by atoms with Crippen LogP contribution in [-0.2, 0) is 9.59 Å². The number of para-hydroxylation sites is 1. The smallest absolute Gasteiger partial charge is 0.254 e. The molecule has 0 saturated heterocycles. The van der Waals surface area contributed by atoms with Gasteiger partial charge in [-0.05, 0) is 55.8 Å². The second kappa shape index (κ2) is 12.1. The maximum Gasteiger partial charge on any atom is 0.254 e. The molecule has 3 N–H and O–H groups in total. The molecule has 1 aliphatic heterocycles. The molecule has 0 bridgehead atoms. The average molecular weight is 592 g/mol. The number of amides is 2. The molecule has 0 saturated carbocycles. The van der Waals surface area contributed by atoms with E-state index in [1.807, 2.05) is 37.3 Å². The van der Waals surface area contributed by atoms with Gasteiger partial charge in [-0.3, -0.25) is 9.59 Å². The van der Waals surface area contributed by atoms with Gasteiger partial charge < -0.3 is 16.0 Å². The number of thioether (sulfide) groups is 1. The van der Waals surface area contributed by atoms with E-state index < -0.39 is 17.6 Å². The SMILES string of the molecule is CC1=C(C(=O)Nc2ccccc2C)C(c2ccccc2F)C(C#N)=C(SCC(=O)Nc2ccc(Br)cc2)N1. The Hall–Kier alpha value is -3.87. The molecule has 0 radical (unpaired) electrons. The lowest BCUT2D eigenvalue weighted by atomic mass is 9.82. The van der Waals surface area contributed by atoms with E-state index in [1.165, 1.54) is 6.07 Å². The Bertz CT molecular complexity index is 1490. The van der Waals surface area contributed by atoms with Crippen LogP contribution in [0.5, 0.6) is 0 Å². The number of allylic oxidation sites excluding steroid dienone is 2. The number of benzene rings is 3. The van der Waals surface area contributed by atoms with Gasteiger partial charge in [0.1, 0.15) is 5.82 Å². The van der Waals surface area contributed by atoms with Gasteiger partial charge in [0.05, 0.1) is 28.3 Å². The summed E-state index contributed by atoms with van der Waals surface area (Å²) < 4.78 is 16.0. The van der Waals surface area contributed by atoms with Crippen LogP contribution in [0.25, 0.3) is 0 Å². The molecule has 1 unspecified atom stereocenters. The first kappa shape index (κ1) is 27.2. The number of carbonyl (C=O) groups is 2. The Balaban J connectivity index is 1.65.